The summed E-state index contributed by atoms with van der Waals surface area (Å²) < 4.78 is 18.8. The zero-order chi connectivity index (χ0) is 19.2. The lowest BCUT2D eigenvalue weighted by Gasteiger charge is -2.33. The molecule has 6 heteroatoms. The molecule has 1 heterocycles. The highest BCUT2D eigenvalue weighted by molar-refractivity contribution is 6.05. The largest absolute Gasteiger partial charge is 0.477 e. The summed E-state index contributed by atoms with van der Waals surface area (Å²) >= 11 is 0. The fourth-order valence-corrected chi connectivity index (χ4v) is 2.77. The summed E-state index contributed by atoms with van der Waals surface area (Å²) in [7, 11) is 0. The molecule has 1 aliphatic heterocycles. The number of amides is 2. The molecular formula is C21H21FN2O3. The van der Waals surface area contributed by atoms with Crippen LogP contribution < -0.4 is 15.0 Å². The molecule has 3 rings (SSSR count). The van der Waals surface area contributed by atoms with Gasteiger partial charge in [0.1, 0.15) is 11.6 Å². The van der Waals surface area contributed by atoms with Crippen molar-refractivity contribution in [1.29, 1.82) is 0 Å². The Morgan fingerprint density at radius 2 is 1.96 bits per heavy atom. The molecule has 2 amide bonds. The number of nitrogens with one attached hydrogen (secondary N) is 1. The lowest BCUT2D eigenvalue weighted by Crippen LogP contribution is -2.50. The van der Waals surface area contributed by atoms with Gasteiger partial charge in [-0.1, -0.05) is 31.2 Å². The van der Waals surface area contributed by atoms with Gasteiger partial charge in [-0.25, -0.2) is 4.39 Å². The third-order valence-corrected chi connectivity index (χ3v) is 4.17. The molecule has 2 aromatic carbocycles. The molecule has 0 saturated heterocycles. The number of carbonyl (C=O) groups is 2. The molecule has 5 nitrogen and oxygen atoms in total. The summed E-state index contributed by atoms with van der Waals surface area (Å²) in [6, 6.07) is 13.0. The molecule has 0 unspecified atom stereocenters. The number of benzene rings is 2. The summed E-state index contributed by atoms with van der Waals surface area (Å²) in [5, 5.41) is 2.80. The lowest BCUT2D eigenvalue weighted by molar-refractivity contribution is -0.128. The minimum absolute atomic E-state index is 0.124. The van der Waals surface area contributed by atoms with Crippen molar-refractivity contribution < 1.29 is 18.7 Å². The number of ether oxygens (including phenoxy) is 1. The molecule has 1 atom stereocenters. The first kappa shape index (κ1) is 18.6. The Kier molecular flexibility index (Phi) is 5.86. The van der Waals surface area contributed by atoms with Crippen LogP contribution in [0.25, 0.3) is 6.08 Å². The Morgan fingerprint density at radius 1 is 1.22 bits per heavy atom. The molecule has 0 spiro atoms. The molecule has 1 aliphatic rings. The molecule has 0 bridgehead atoms. The van der Waals surface area contributed by atoms with Crippen molar-refractivity contribution >= 4 is 23.6 Å². The minimum atomic E-state index is -0.769. The normalized spacial score (nSPS) is 15.9. The van der Waals surface area contributed by atoms with E-state index in [-0.39, 0.29) is 24.2 Å². The van der Waals surface area contributed by atoms with E-state index in [9.17, 15) is 14.0 Å². The number of carbonyl (C=O) groups excluding carboxylic acids is 2. The Morgan fingerprint density at radius 3 is 2.70 bits per heavy atom. The summed E-state index contributed by atoms with van der Waals surface area (Å²) in [5.41, 5.74) is 1.33. The molecule has 1 N–H and O–H groups in total. The second kappa shape index (κ2) is 8.49. The van der Waals surface area contributed by atoms with Gasteiger partial charge >= 0.3 is 0 Å². The van der Waals surface area contributed by atoms with Gasteiger partial charge in [-0.3, -0.25) is 9.59 Å². The van der Waals surface area contributed by atoms with Crippen LogP contribution in [0.15, 0.2) is 54.6 Å². The summed E-state index contributed by atoms with van der Waals surface area (Å²) in [6.07, 6.45) is 3.08. The van der Waals surface area contributed by atoms with Gasteiger partial charge in [-0.2, -0.15) is 0 Å². The van der Waals surface area contributed by atoms with Crippen LogP contribution in [0.5, 0.6) is 5.75 Å². The zero-order valence-corrected chi connectivity index (χ0v) is 15.0. The summed E-state index contributed by atoms with van der Waals surface area (Å²) in [4.78, 5) is 26.6. The van der Waals surface area contributed by atoms with Gasteiger partial charge in [0.25, 0.3) is 11.8 Å². The van der Waals surface area contributed by atoms with Gasteiger partial charge in [0.15, 0.2) is 6.10 Å². The first-order valence-corrected chi connectivity index (χ1v) is 8.87. The molecule has 0 saturated carbocycles. The second-order valence-corrected chi connectivity index (χ2v) is 6.20. The van der Waals surface area contributed by atoms with E-state index in [1.165, 1.54) is 23.1 Å². The Hall–Kier alpha value is -3.15. The Labute approximate surface area is 157 Å². The topological polar surface area (TPSA) is 58.6 Å². The molecule has 0 aromatic heterocycles. The van der Waals surface area contributed by atoms with Gasteiger partial charge < -0.3 is 15.0 Å². The molecule has 140 valence electrons. The standard InChI is InChI=1S/C21H21FN2O3/c1-2-13-23-21(26)19-14-24(17-5-3-4-6-18(17)27-19)20(25)12-9-15-7-10-16(22)11-8-15/h3-12,19H,2,13-14H2,1H3,(H,23,26)/b12-9+/t19-/m1/s1. The quantitative estimate of drug-likeness (QED) is 0.825. The Bertz CT molecular complexity index is 849. The first-order valence-electron chi connectivity index (χ1n) is 8.87. The predicted octanol–water partition coefficient (Wildman–Crippen LogP) is 3.16. The van der Waals surface area contributed by atoms with E-state index in [4.69, 9.17) is 4.74 Å². The van der Waals surface area contributed by atoms with Crippen LogP contribution in [0.4, 0.5) is 10.1 Å². The number of nitrogens with zero attached hydrogens (tertiary/aromatic N) is 1. The van der Waals surface area contributed by atoms with Crippen molar-refractivity contribution in [3.8, 4) is 5.75 Å². The number of hydrogen-bond donors (Lipinski definition) is 1. The number of rotatable bonds is 5. The van der Waals surface area contributed by atoms with Crippen LogP contribution in [0.1, 0.15) is 18.9 Å². The molecule has 27 heavy (non-hydrogen) atoms. The van der Waals surface area contributed by atoms with Crippen LogP contribution in [-0.4, -0.2) is 31.0 Å². The SMILES string of the molecule is CCCNC(=O)[C@H]1CN(C(=O)/C=C/c2ccc(F)cc2)c2ccccc2O1. The van der Waals surface area contributed by atoms with Gasteiger partial charge in [-0.15, -0.1) is 0 Å². The number of anilines is 1. The van der Waals surface area contributed by atoms with E-state index in [2.05, 4.69) is 5.32 Å². The van der Waals surface area contributed by atoms with Crippen molar-refractivity contribution in [1.82, 2.24) is 5.32 Å². The van der Waals surface area contributed by atoms with Crippen molar-refractivity contribution in [2.45, 2.75) is 19.4 Å². The molecular weight excluding hydrogens is 347 g/mol. The number of halogens is 1. The Balaban J connectivity index is 1.80. The highest BCUT2D eigenvalue weighted by Crippen LogP contribution is 2.33. The fourth-order valence-electron chi connectivity index (χ4n) is 2.77. The summed E-state index contributed by atoms with van der Waals surface area (Å²) in [5.74, 6) is -0.361. The van der Waals surface area contributed by atoms with E-state index in [1.807, 2.05) is 13.0 Å². The van der Waals surface area contributed by atoms with Crippen molar-refractivity contribution in [3.05, 3.63) is 66.0 Å². The van der Waals surface area contributed by atoms with Gasteiger partial charge in [0, 0.05) is 12.6 Å². The smallest absolute Gasteiger partial charge is 0.262 e. The molecule has 0 fully saturated rings. The van der Waals surface area contributed by atoms with Crippen LogP contribution >= 0.6 is 0 Å². The maximum Gasteiger partial charge on any atom is 0.262 e. The monoisotopic (exact) mass is 368 g/mol. The van der Waals surface area contributed by atoms with Crippen molar-refractivity contribution in [3.63, 3.8) is 0 Å². The van der Waals surface area contributed by atoms with Crippen LogP contribution in [0, 0.1) is 5.82 Å². The molecule has 2 aromatic rings. The third kappa shape index (κ3) is 4.53. The van der Waals surface area contributed by atoms with Crippen molar-refractivity contribution in [2.24, 2.45) is 0 Å². The van der Waals surface area contributed by atoms with E-state index in [1.54, 1.807) is 36.4 Å². The maximum atomic E-state index is 13.0. The molecule has 0 aliphatic carbocycles. The average molecular weight is 368 g/mol. The average Bonchev–Trinajstić information content (AvgIpc) is 2.70. The number of fused-ring (bicyclic) bond motifs is 1. The lowest BCUT2D eigenvalue weighted by atomic mass is 10.1. The highest BCUT2D eigenvalue weighted by Gasteiger charge is 2.32. The third-order valence-electron chi connectivity index (χ3n) is 4.17. The fraction of sp³-hybridized carbons (Fsp3) is 0.238. The minimum Gasteiger partial charge on any atom is -0.477 e. The number of para-hydroxylation sites is 2. The van der Waals surface area contributed by atoms with E-state index < -0.39 is 6.10 Å². The van der Waals surface area contributed by atoms with Crippen molar-refractivity contribution in [2.75, 3.05) is 18.0 Å². The van der Waals surface area contributed by atoms with E-state index in [0.717, 1.165) is 6.42 Å². The zero-order valence-electron chi connectivity index (χ0n) is 15.0. The van der Waals surface area contributed by atoms with Gasteiger partial charge in [0.2, 0.25) is 0 Å². The van der Waals surface area contributed by atoms with E-state index >= 15 is 0 Å². The number of hydrogen-bond acceptors (Lipinski definition) is 3. The van der Waals surface area contributed by atoms with E-state index in [0.29, 0.717) is 23.5 Å². The maximum absolute atomic E-state index is 13.0. The summed E-state index contributed by atoms with van der Waals surface area (Å²) in [6.45, 7) is 2.64. The van der Waals surface area contributed by atoms with Crippen LogP contribution in [0.3, 0.4) is 0 Å². The van der Waals surface area contributed by atoms with Gasteiger partial charge in [-0.05, 0) is 42.3 Å². The predicted molar refractivity (Wildman–Crippen MR) is 102 cm³/mol. The highest BCUT2D eigenvalue weighted by atomic mass is 19.1. The van der Waals surface area contributed by atoms with Crippen LogP contribution in [0.2, 0.25) is 0 Å². The second-order valence-electron chi connectivity index (χ2n) is 6.20. The van der Waals surface area contributed by atoms with Gasteiger partial charge in [0.05, 0.1) is 12.2 Å². The van der Waals surface area contributed by atoms with Crippen LogP contribution in [-0.2, 0) is 9.59 Å². The first-order chi connectivity index (χ1) is 13.1. The molecule has 0 radical (unpaired) electrons.